The molecule has 0 bridgehead atoms. The molecule has 14 N–H and O–H groups in total. The van der Waals surface area contributed by atoms with Gasteiger partial charge in [-0.1, -0.05) is 110 Å². The van der Waals surface area contributed by atoms with Gasteiger partial charge in [-0.3, -0.25) is 38.6 Å². The number of nitrogens with two attached hydrogens (primary N) is 6. The number of imide groups is 2. The second-order valence-corrected chi connectivity index (χ2v) is 31.1. The first kappa shape index (κ1) is 102. The average molecular weight is 1970 g/mol. The van der Waals surface area contributed by atoms with Gasteiger partial charge in [0, 0.05) is 166 Å². The van der Waals surface area contributed by atoms with Crippen LogP contribution in [0, 0.1) is 0 Å². The van der Waals surface area contributed by atoms with E-state index in [1.165, 1.54) is 88.9 Å². The number of aromatic nitrogens is 4. The molecule has 29 heteroatoms. The predicted octanol–water partition coefficient (Wildman–Crippen LogP) is 7.56. The van der Waals surface area contributed by atoms with Crippen molar-refractivity contribution in [1.82, 2.24) is 9.80 Å². The Morgan fingerprint density at radius 2 is 0.549 bits per heavy atom. The minimum atomic E-state index is -0.264. The van der Waals surface area contributed by atoms with Crippen molar-refractivity contribution in [3.05, 3.63) is 291 Å². The van der Waals surface area contributed by atoms with Crippen molar-refractivity contribution >= 4 is 218 Å². The van der Waals surface area contributed by atoms with Crippen LogP contribution in [-0.4, -0.2) is 83.6 Å². The second-order valence-electron chi connectivity index (χ2n) is 31.1. The molecular formula is C104H115B3Br2N14NaO6P3. The first-order valence-electron chi connectivity index (χ1n) is 43.8. The third kappa shape index (κ3) is 24.5. The summed E-state index contributed by atoms with van der Waals surface area (Å²) in [4.78, 5) is 74.5. The molecule has 3 unspecified atom stereocenters. The fraction of sp³-hybridized carbons (Fsp3) is 0.173. The largest absolute Gasteiger partial charge is 1.00 e. The number of carbonyl (C=O) groups is 6. The van der Waals surface area contributed by atoms with Crippen molar-refractivity contribution in [2.24, 2.45) is 0 Å². The predicted molar refractivity (Wildman–Crippen MR) is 559 cm³/mol. The number of pyridine rings is 4. The van der Waals surface area contributed by atoms with Gasteiger partial charge in [-0.05, 0) is 214 Å². The number of rotatable bonds is 22. The molecule has 133 heavy (non-hydrogen) atoms. The van der Waals surface area contributed by atoms with Gasteiger partial charge in [-0.15, -0.1) is 0 Å². The zero-order valence-electron chi connectivity index (χ0n) is 77.1. The molecule has 6 heterocycles. The molecular weight excluding hydrogens is 1850 g/mol. The van der Waals surface area contributed by atoms with Crippen LogP contribution in [0.5, 0.6) is 0 Å². The zero-order valence-corrected chi connectivity index (χ0v) is 82.4. The van der Waals surface area contributed by atoms with Crippen molar-refractivity contribution in [2.45, 2.75) is 105 Å². The number of unbranched alkanes of at least 4 members (excludes halogenated alkanes) is 4. The summed E-state index contributed by atoms with van der Waals surface area (Å²) in [6.45, 7) is 12.6. The van der Waals surface area contributed by atoms with Gasteiger partial charge in [-0.25, -0.2) is 0 Å². The summed E-state index contributed by atoms with van der Waals surface area (Å²) in [6.07, 6.45) is 10.1. The Balaban J connectivity index is 0.000000219. The van der Waals surface area contributed by atoms with Crippen LogP contribution in [0.15, 0.2) is 291 Å². The van der Waals surface area contributed by atoms with Gasteiger partial charge in [0.15, 0.2) is 0 Å². The number of hydrogen-bond acceptors (Lipinski definition) is 12. The average Bonchev–Trinajstić information content (AvgIpc) is 0.780. The molecule has 4 aromatic heterocycles. The number of benzene rings is 12. The van der Waals surface area contributed by atoms with Crippen LogP contribution in [0.3, 0.4) is 0 Å². The molecule has 6 amide bonds. The number of halogens is 2. The molecule has 16 aromatic rings. The molecule has 2 radical (unpaired) electrons. The maximum absolute atomic E-state index is 12.7. The summed E-state index contributed by atoms with van der Waals surface area (Å²) in [5.74, 6) is -1.17. The molecule has 20 nitrogen and oxygen atoms in total. The minimum Gasteiger partial charge on any atom is -1.00 e. The summed E-state index contributed by atoms with van der Waals surface area (Å²) >= 11 is 0. The molecule has 18 rings (SSSR count). The van der Waals surface area contributed by atoms with Crippen LogP contribution >= 0.6 is 27.2 Å². The monoisotopic (exact) mass is 1970 g/mol. The topological polar surface area (TPSA) is 305 Å². The Hall–Kier alpha value is -11.7. The van der Waals surface area contributed by atoms with Crippen LogP contribution in [0.1, 0.15) is 80.5 Å². The fourth-order valence-electron chi connectivity index (χ4n) is 17.3. The molecule has 0 spiro atoms. The van der Waals surface area contributed by atoms with E-state index in [0.717, 1.165) is 161 Å². The molecule has 0 saturated carbocycles. The van der Waals surface area contributed by atoms with Gasteiger partial charge < -0.3 is 98.6 Å². The van der Waals surface area contributed by atoms with Crippen molar-refractivity contribution in [3.63, 3.8) is 0 Å². The first-order chi connectivity index (χ1) is 64.1. The number of hydrogen-bond donors (Lipinski definition) is 8. The number of fused-ring (bicyclic) bond motifs is 12. The van der Waals surface area contributed by atoms with Gasteiger partial charge in [0.25, 0.3) is 23.6 Å². The summed E-state index contributed by atoms with van der Waals surface area (Å²) < 4.78 is 21.9. The normalized spacial score (nSPS) is 12.1. The quantitative estimate of drug-likeness (QED) is 0.00620. The number of nitrogens with zero attached hydrogens (tertiary/aromatic N) is 6. The molecule has 0 fully saturated rings. The summed E-state index contributed by atoms with van der Waals surface area (Å²) in [7, 11) is 8.42. The fourth-order valence-corrected chi connectivity index (χ4v) is 17.3. The van der Waals surface area contributed by atoms with Crippen LogP contribution in [0.2, 0.25) is 0 Å². The van der Waals surface area contributed by atoms with Crippen molar-refractivity contribution < 1.29 is 112 Å². The third-order valence-electron chi connectivity index (χ3n) is 23.0. The van der Waals surface area contributed by atoms with Gasteiger partial charge in [0.05, 0.1) is 50.7 Å². The maximum atomic E-state index is 12.7. The van der Waals surface area contributed by atoms with E-state index in [2.05, 4.69) is 222 Å². The van der Waals surface area contributed by atoms with Crippen LogP contribution in [0.25, 0.3) is 132 Å². The summed E-state index contributed by atoms with van der Waals surface area (Å²) in [6, 6.07) is 90.1. The standard InChI is InChI=1S/2C31H30N4O3.2C21H19N3.2BH5P.BH2P.2BrH.Na.H/c2*1-2-34-27-19-22(32)12-14-25(27)24-15-13-23(20-26(24)31(34)21-9-5-3-6-10-21)33-28(36)11-7-4-8-18-35-29(37)16-17-30(35)38;2*1-2-24-20-13-16(23)9-11-18(20)17-10-8-15(22)12-19(17)21(24)14-6-4-3-5-7-14;3*1-2;;;;/h2*3,5-6,9-10,12-17,19-20,32H,2,4,7-8,11,18H2,1H3,(H,33,36);2*3-13,23H,2,22H2,1H3;2*2H2,1H3;2H2;2*1H;;/q;;;;2*-1;;;;+1;-1/p+2/i;;;;2*2T;;;;;1+2. The van der Waals surface area contributed by atoms with E-state index < -0.39 is 0 Å². The molecule has 12 aromatic carbocycles. The molecule has 3 atom stereocenters. The molecule has 2 aliphatic rings. The summed E-state index contributed by atoms with van der Waals surface area (Å²) in [5, 5.41) is 19.8. The first-order valence-corrected chi connectivity index (χ1v) is 43.4. The Labute approximate surface area is 834 Å². The van der Waals surface area contributed by atoms with Gasteiger partial charge in [0.2, 0.25) is 56.7 Å². The number of nitrogen functional groups attached to an aromatic ring is 6. The number of nitrogens with one attached hydrogen (secondary N) is 2. The van der Waals surface area contributed by atoms with Gasteiger partial charge >= 0.3 is 29.6 Å². The Morgan fingerprint density at radius 3 is 0.789 bits per heavy atom. The number of aryl methyl sites for hydroxylation is 4. The smallest absolute Gasteiger partial charge is 1.00 e. The van der Waals surface area contributed by atoms with Crippen LogP contribution in [-0.2, 0) is 54.9 Å². The van der Waals surface area contributed by atoms with Crippen LogP contribution in [0.4, 0.5) is 45.5 Å². The SMILES string of the molecule is CC[n+]1c(-c2ccccc2)c2cc(N)ccc2c2ccc(N)cc21.CC[n+]1c(-c2ccccc2)c2cc(N)ccc2c2ccc(N)cc21.CC[n+]1c(-c2ccccc2)c2cc(NC(=O)CCCCCN3C(=O)C=CC3=O)ccc2c2ccc(N)cc21.CC[n+]1c(-c2ccccc2)c2cc(NC(=O)CCCCCN3C(=O)C=CC3=O)ccc2c2ccc(N)cc21.[3H-].[3H]P[BH3-].[3H]P[BH3-].[B]P.[Br-].[Br-].[Na+]. The van der Waals surface area contributed by atoms with E-state index in [1.807, 2.05) is 118 Å². The molecule has 676 valence electrons. The second kappa shape index (κ2) is 50.4. The van der Waals surface area contributed by atoms with E-state index in [9.17, 15) is 28.8 Å². The van der Waals surface area contributed by atoms with Crippen molar-refractivity contribution in [2.75, 3.05) is 58.1 Å². The Kier molecular flexibility index (Phi) is 38.6. The van der Waals surface area contributed by atoms with Crippen LogP contribution < -0.4 is 127 Å². The number of carbonyl (C=O) groups excluding carboxylic acids is 6. The van der Waals surface area contributed by atoms with E-state index >= 15 is 0 Å². The number of amides is 6. The van der Waals surface area contributed by atoms with E-state index in [1.54, 1.807) is 0 Å². The summed E-state index contributed by atoms with van der Waals surface area (Å²) in [5.41, 5.74) is 56.2. The Morgan fingerprint density at radius 1 is 0.331 bits per heavy atom. The van der Waals surface area contributed by atoms with Gasteiger partial charge in [0.1, 0.15) is 26.2 Å². The number of anilines is 8. The van der Waals surface area contributed by atoms with Crippen molar-refractivity contribution in [3.8, 4) is 45.0 Å². The molecule has 0 saturated heterocycles. The van der Waals surface area contributed by atoms with E-state index in [4.69, 9.17) is 37.0 Å². The van der Waals surface area contributed by atoms with E-state index in [-0.39, 0.29) is 100 Å². The third-order valence-corrected chi connectivity index (χ3v) is 23.0. The minimum absolute atomic E-state index is 0. The molecule has 2 aliphatic heterocycles. The maximum Gasteiger partial charge on any atom is 1.00 e. The van der Waals surface area contributed by atoms with E-state index in [0.29, 0.717) is 84.9 Å². The molecule has 0 aliphatic carbocycles. The van der Waals surface area contributed by atoms with Crippen molar-refractivity contribution in [1.29, 1.82) is 2.56 Å². The Bertz CT molecular complexity index is 6580. The van der Waals surface area contributed by atoms with Gasteiger partial charge in [-0.2, -0.15) is 27.4 Å². The zero-order chi connectivity index (χ0) is 94.1.